The van der Waals surface area contributed by atoms with Gasteiger partial charge < -0.3 is 10.1 Å². The van der Waals surface area contributed by atoms with Crippen LogP contribution < -0.4 is 10.1 Å². The lowest BCUT2D eigenvalue weighted by Crippen LogP contribution is -2.59. The molecule has 0 saturated heterocycles. The van der Waals surface area contributed by atoms with Crippen LogP contribution >= 0.6 is 11.3 Å². The number of rotatable bonds is 4. The van der Waals surface area contributed by atoms with Crippen molar-refractivity contribution in [3.8, 4) is 5.88 Å². The molecule has 2 aromatic heterocycles. The Morgan fingerprint density at radius 3 is 2.50 bits per heavy atom. The molecular weight excluding hydrogens is 346 g/mol. The van der Waals surface area contributed by atoms with Gasteiger partial charge in [0.25, 0.3) is 5.91 Å². The van der Waals surface area contributed by atoms with E-state index in [0.29, 0.717) is 12.5 Å². The fourth-order valence-electron chi connectivity index (χ4n) is 6.06. The zero-order valence-electron chi connectivity index (χ0n) is 15.4. The van der Waals surface area contributed by atoms with Gasteiger partial charge in [0.15, 0.2) is 0 Å². The first-order valence-corrected chi connectivity index (χ1v) is 10.6. The van der Waals surface area contributed by atoms with Gasteiger partial charge in [-0.3, -0.25) is 4.79 Å². The summed E-state index contributed by atoms with van der Waals surface area (Å²) in [6, 6.07) is 0. The van der Waals surface area contributed by atoms with Crippen LogP contribution in [0.5, 0.6) is 5.88 Å². The summed E-state index contributed by atoms with van der Waals surface area (Å²) < 4.78 is 5.65. The summed E-state index contributed by atoms with van der Waals surface area (Å²) in [6.45, 7) is 4.48. The number of nitrogens with zero attached hydrogens (tertiary/aromatic N) is 2. The molecule has 26 heavy (non-hydrogen) atoms. The Morgan fingerprint density at radius 2 is 1.88 bits per heavy atom. The van der Waals surface area contributed by atoms with E-state index in [1.54, 1.807) is 0 Å². The van der Waals surface area contributed by atoms with E-state index >= 15 is 0 Å². The minimum absolute atomic E-state index is 0.0306. The van der Waals surface area contributed by atoms with E-state index in [1.165, 1.54) is 56.2 Å². The van der Waals surface area contributed by atoms with Crippen LogP contribution in [0.25, 0.3) is 10.2 Å². The van der Waals surface area contributed by atoms with Gasteiger partial charge in [0.2, 0.25) is 5.88 Å². The Labute approximate surface area is 157 Å². The Bertz CT molecular complexity index is 840. The predicted octanol–water partition coefficient (Wildman–Crippen LogP) is 4.10. The van der Waals surface area contributed by atoms with Crippen molar-refractivity contribution < 1.29 is 9.53 Å². The van der Waals surface area contributed by atoms with Crippen LogP contribution in [0.2, 0.25) is 0 Å². The Kier molecular flexibility index (Phi) is 3.75. The third kappa shape index (κ3) is 2.53. The normalized spacial score (nSPS) is 32.2. The summed E-state index contributed by atoms with van der Waals surface area (Å²) in [7, 11) is 0. The van der Waals surface area contributed by atoms with Crippen molar-refractivity contribution in [3.63, 3.8) is 0 Å². The number of hydrogen-bond donors (Lipinski definition) is 1. The molecule has 6 rings (SSSR count). The summed E-state index contributed by atoms with van der Waals surface area (Å²) in [5.41, 5.74) is 0.972. The molecule has 0 spiro atoms. The van der Waals surface area contributed by atoms with E-state index in [4.69, 9.17) is 4.74 Å². The number of carbonyl (C=O) groups is 1. The third-order valence-corrected chi connectivity index (χ3v) is 7.79. The number of aryl methyl sites for hydroxylation is 1. The number of ether oxygens (including phenoxy) is 1. The molecule has 0 atom stereocenters. The number of carbonyl (C=O) groups excluding carboxylic acids is 1. The van der Waals surface area contributed by atoms with Crippen molar-refractivity contribution in [2.75, 3.05) is 6.61 Å². The van der Waals surface area contributed by atoms with E-state index in [-0.39, 0.29) is 11.4 Å². The van der Waals surface area contributed by atoms with Crippen LogP contribution in [0, 0.1) is 24.7 Å². The van der Waals surface area contributed by atoms with E-state index in [2.05, 4.69) is 15.3 Å². The highest BCUT2D eigenvalue weighted by atomic mass is 32.1. The minimum Gasteiger partial charge on any atom is -0.477 e. The van der Waals surface area contributed by atoms with Gasteiger partial charge in [0, 0.05) is 5.54 Å². The Hall–Kier alpha value is -1.69. The average Bonchev–Trinajstić information content (AvgIpc) is 2.91. The van der Waals surface area contributed by atoms with Crippen molar-refractivity contribution in [1.82, 2.24) is 15.3 Å². The van der Waals surface area contributed by atoms with Crippen LogP contribution in [0.1, 0.15) is 60.7 Å². The molecular formula is C20H25N3O2S. The van der Waals surface area contributed by atoms with E-state index in [1.807, 2.05) is 13.8 Å². The number of nitrogens with one attached hydrogen (secondary N) is 1. The van der Waals surface area contributed by atoms with Crippen molar-refractivity contribution in [3.05, 3.63) is 16.8 Å². The molecule has 1 N–H and O–H groups in total. The van der Waals surface area contributed by atoms with E-state index in [9.17, 15) is 4.79 Å². The first-order valence-electron chi connectivity index (χ1n) is 9.76. The van der Waals surface area contributed by atoms with Crippen LogP contribution in [0.4, 0.5) is 0 Å². The van der Waals surface area contributed by atoms with Crippen molar-refractivity contribution in [2.45, 2.75) is 57.9 Å². The maximum Gasteiger partial charge on any atom is 0.262 e. The second kappa shape index (κ2) is 5.91. The summed E-state index contributed by atoms with van der Waals surface area (Å²) in [4.78, 5) is 23.4. The molecule has 4 aliphatic rings. The fourth-order valence-corrected chi connectivity index (χ4v) is 7.10. The van der Waals surface area contributed by atoms with Crippen molar-refractivity contribution in [2.24, 2.45) is 17.8 Å². The number of fused-ring (bicyclic) bond motifs is 1. The molecule has 4 bridgehead atoms. The monoisotopic (exact) mass is 371 g/mol. The molecule has 2 heterocycles. The van der Waals surface area contributed by atoms with Gasteiger partial charge in [-0.25, -0.2) is 9.97 Å². The Morgan fingerprint density at radius 1 is 1.23 bits per heavy atom. The van der Waals surface area contributed by atoms with Gasteiger partial charge in [0.05, 0.1) is 16.9 Å². The molecule has 1 amide bonds. The summed E-state index contributed by atoms with van der Waals surface area (Å²) in [6.07, 6.45) is 9.15. The van der Waals surface area contributed by atoms with Crippen LogP contribution in [0.15, 0.2) is 6.33 Å². The molecule has 5 nitrogen and oxygen atoms in total. The highest BCUT2D eigenvalue weighted by molar-refractivity contribution is 7.20. The highest BCUT2D eigenvalue weighted by Gasteiger charge is 2.51. The Balaban J connectivity index is 1.46. The first kappa shape index (κ1) is 16.5. The SMILES string of the molecule is CCOc1ncnc2sc(C(=O)NC34CC5CC(CC(C5)C3)C4)c(C)c12. The van der Waals surface area contributed by atoms with Gasteiger partial charge >= 0.3 is 0 Å². The molecule has 0 aliphatic heterocycles. The summed E-state index contributed by atoms with van der Waals surface area (Å²) >= 11 is 1.46. The lowest BCUT2D eigenvalue weighted by atomic mass is 9.53. The molecule has 4 aliphatic carbocycles. The number of aromatic nitrogens is 2. The largest absolute Gasteiger partial charge is 0.477 e. The summed E-state index contributed by atoms with van der Waals surface area (Å²) in [5, 5.41) is 4.36. The van der Waals surface area contributed by atoms with Crippen LogP contribution in [-0.4, -0.2) is 28.0 Å². The lowest BCUT2D eigenvalue weighted by Gasteiger charge is -2.56. The van der Waals surface area contributed by atoms with Crippen molar-refractivity contribution >= 4 is 27.5 Å². The zero-order chi connectivity index (χ0) is 17.9. The lowest BCUT2D eigenvalue weighted by molar-refractivity contribution is -0.0166. The second-order valence-electron chi connectivity index (χ2n) is 8.50. The standard InChI is InChI=1S/C20H25N3O2S/c1-3-25-18-15-11(2)16(26-19(15)22-10-21-18)17(24)23-20-7-12-4-13(8-20)6-14(5-12)9-20/h10,12-14H,3-9H2,1-2H3,(H,23,24). The molecule has 4 saturated carbocycles. The molecule has 138 valence electrons. The minimum atomic E-state index is 0.0306. The van der Waals surface area contributed by atoms with Gasteiger partial charge in [-0.2, -0.15) is 0 Å². The van der Waals surface area contributed by atoms with Crippen LogP contribution in [-0.2, 0) is 0 Å². The molecule has 0 radical (unpaired) electrons. The predicted molar refractivity (Wildman–Crippen MR) is 102 cm³/mol. The molecule has 0 aromatic carbocycles. The molecule has 2 aromatic rings. The maximum absolute atomic E-state index is 13.2. The number of thiophene rings is 1. The molecule has 4 fully saturated rings. The fraction of sp³-hybridized carbons (Fsp3) is 0.650. The highest BCUT2D eigenvalue weighted by Crippen LogP contribution is 2.55. The smallest absolute Gasteiger partial charge is 0.262 e. The topological polar surface area (TPSA) is 64.1 Å². The number of hydrogen-bond acceptors (Lipinski definition) is 5. The number of amides is 1. The van der Waals surface area contributed by atoms with E-state index < -0.39 is 0 Å². The van der Waals surface area contributed by atoms with Gasteiger partial charge in [-0.15, -0.1) is 11.3 Å². The van der Waals surface area contributed by atoms with Crippen molar-refractivity contribution in [1.29, 1.82) is 0 Å². The second-order valence-corrected chi connectivity index (χ2v) is 9.50. The maximum atomic E-state index is 13.2. The third-order valence-electron chi connectivity index (χ3n) is 6.60. The first-order chi connectivity index (χ1) is 12.6. The average molecular weight is 372 g/mol. The zero-order valence-corrected chi connectivity index (χ0v) is 16.2. The summed E-state index contributed by atoms with van der Waals surface area (Å²) in [5.74, 6) is 3.11. The molecule has 0 unspecified atom stereocenters. The van der Waals surface area contributed by atoms with Gasteiger partial charge in [-0.05, 0) is 75.7 Å². The molecule has 6 heteroatoms. The van der Waals surface area contributed by atoms with Gasteiger partial charge in [-0.1, -0.05) is 0 Å². The van der Waals surface area contributed by atoms with E-state index in [0.717, 1.165) is 38.4 Å². The quantitative estimate of drug-likeness (QED) is 0.879. The van der Waals surface area contributed by atoms with Gasteiger partial charge in [0.1, 0.15) is 11.2 Å². The van der Waals surface area contributed by atoms with Crippen LogP contribution in [0.3, 0.4) is 0 Å².